The van der Waals surface area contributed by atoms with Crippen molar-refractivity contribution in [1.82, 2.24) is 0 Å². The average molecular weight is 192 g/mol. The van der Waals surface area contributed by atoms with Crippen LogP contribution >= 0.6 is 0 Å². The van der Waals surface area contributed by atoms with Crippen molar-refractivity contribution in [3.63, 3.8) is 0 Å². The number of hydrogen-bond acceptors (Lipinski definition) is 2. The van der Waals surface area contributed by atoms with Gasteiger partial charge < -0.3 is 11.1 Å². The second-order valence-electron chi connectivity index (χ2n) is 4.33. The number of nitrogen functional groups attached to an aromatic ring is 1. The largest absolute Gasteiger partial charge is 0.399 e. The molecule has 14 heavy (non-hydrogen) atoms. The second-order valence-corrected chi connectivity index (χ2v) is 4.33. The van der Waals surface area contributed by atoms with Crippen molar-refractivity contribution < 1.29 is 4.79 Å². The Morgan fingerprint density at radius 3 is 2.14 bits per heavy atom. The number of amides is 1. The predicted molar refractivity (Wildman–Crippen MR) is 58.9 cm³/mol. The van der Waals surface area contributed by atoms with E-state index in [1.54, 1.807) is 24.3 Å². The highest BCUT2D eigenvalue weighted by atomic mass is 16.2. The van der Waals surface area contributed by atoms with Gasteiger partial charge in [0.25, 0.3) is 0 Å². The summed E-state index contributed by atoms with van der Waals surface area (Å²) >= 11 is 0. The molecule has 0 atom stereocenters. The standard InChI is InChI=1S/C11H16N2O/c1-11(2,3)10(14)13-9-6-4-8(12)5-7-9/h4-7H,12H2,1-3H3,(H,13,14). The zero-order valence-corrected chi connectivity index (χ0v) is 8.79. The van der Waals surface area contributed by atoms with E-state index in [0.29, 0.717) is 5.69 Å². The molecule has 3 nitrogen and oxygen atoms in total. The summed E-state index contributed by atoms with van der Waals surface area (Å²) in [6.07, 6.45) is 0. The van der Waals surface area contributed by atoms with E-state index >= 15 is 0 Å². The fraction of sp³-hybridized carbons (Fsp3) is 0.364. The molecule has 0 unspecified atom stereocenters. The first kappa shape index (κ1) is 10.6. The molecule has 0 spiro atoms. The lowest BCUT2D eigenvalue weighted by molar-refractivity contribution is -0.123. The summed E-state index contributed by atoms with van der Waals surface area (Å²) in [4.78, 5) is 11.6. The summed E-state index contributed by atoms with van der Waals surface area (Å²) in [5.74, 6) is 0.00210. The van der Waals surface area contributed by atoms with Crippen molar-refractivity contribution >= 4 is 17.3 Å². The molecule has 1 rings (SSSR count). The highest BCUT2D eigenvalue weighted by molar-refractivity contribution is 5.94. The van der Waals surface area contributed by atoms with Gasteiger partial charge in [0, 0.05) is 16.8 Å². The summed E-state index contributed by atoms with van der Waals surface area (Å²) in [7, 11) is 0. The average Bonchev–Trinajstić information content (AvgIpc) is 2.07. The van der Waals surface area contributed by atoms with E-state index in [2.05, 4.69) is 5.32 Å². The first-order valence-corrected chi connectivity index (χ1v) is 4.56. The maximum absolute atomic E-state index is 11.6. The summed E-state index contributed by atoms with van der Waals surface area (Å²) < 4.78 is 0. The summed E-state index contributed by atoms with van der Waals surface area (Å²) in [5.41, 5.74) is 6.63. The van der Waals surface area contributed by atoms with Crippen LogP contribution in [0.4, 0.5) is 11.4 Å². The molecule has 0 aromatic heterocycles. The molecule has 0 aliphatic rings. The molecular weight excluding hydrogens is 176 g/mol. The topological polar surface area (TPSA) is 55.1 Å². The molecule has 0 aliphatic heterocycles. The van der Waals surface area contributed by atoms with Crippen LogP contribution in [0.15, 0.2) is 24.3 Å². The van der Waals surface area contributed by atoms with Gasteiger partial charge in [-0.2, -0.15) is 0 Å². The third-order valence-corrected chi connectivity index (χ3v) is 1.85. The van der Waals surface area contributed by atoms with Gasteiger partial charge in [0.2, 0.25) is 5.91 Å². The Morgan fingerprint density at radius 2 is 1.71 bits per heavy atom. The Labute approximate surface area is 84.3 Å². The van der Waals surface area contributed by atoms with Crippen LogP contribution in [0.5, 0.6) is 0 Å². The van der Waals surface area contributed by atoms with Crippen molar-refractivity contribution in [2.24, 2.45) is 5.41 Å². The molecule has 3 heteroatoms. The van der Waals surface area contributed by atoms with E-state index in [-0.39, 0.29) is 11.3 Å². The monoisotopic (exact) mass is 192 g/mol. The molecule has 3 N–H and O–H groups in total. The fourth-order valence-corrected chi connectivity index (χ4v) is 0.885. The number of nitrogens with one attached hydrogen (secondary N) is 1. The molecule has 1 aromatic carbocycles. The predicted octanol–water partition coefficient (Wildman–Crippen LogP) is 2.25. The molecular formula is C11H16N2O. The van der Waals surface area contributed by atoms with Crippen LogP contribution in [0, 0.1) is 5.41 Å². The lowest BCUT2D eigenvalue weighted by Crippen LogP contribution is -2.27. The smallest absolute Gasteiger partial charge is 0.229 e. The van der Waals surface area contributed by atoms with Crippen LogP contribution < -0.4 is 11.1 Å². The maximum atomic E-state index is 11.6. The van der Waals surface area contributed by atoms with Crippen LogP contribution in [-0.4, -0.2) is 5.91 Å². The normalized spacial score (nSPS) is 11.1. The highest BCUT2D eigenvalue weighted by Crippen LogP contribution is 2.17. The Morgan fingerprint density at radius 1 is 1.21 bits per heavy atom. The van der Waals surface area contributed by atoms with E-state index in [9.17, 15) is 4.79 Å². The Kier molecular flexibility index (Phi) is 2.79. The lowest BCUT2D eigenvalue weighted by Gasteiger charge is -2.17. The molecule has 0 saturated heterocycles. The van der Waals surface area contributed by atoms with Gasteiger partial charge in [0.05, 0.1) is 0 Å². The number of benzene rings is 1. The van der Waals surface area contributed by atoms with Gasteiger partial charge in [-0.05, 0) is 24.3 Å². The number of hydrogen-bond donors (Lipinski definition) is 2. The van der Waals surface area contributed by atoms with Crippen molar-refractivity contribution in [3.05, 3.63) is 24.3 Å². The Balaban J connectivity index is 2.71. The Hall–Kier alpha value is -1.51. The van der Waals surface area contributed by atoms with Crippen LogP contribution in [0.1, 0.15) is 20.8 Å². The van der Waals surface area contributed by atoms with Gasteiger partial charge in [-0.1, -0.05) is 20.8 Å². The minimum atomic E-state index is -0.374. The highest BCUT2D eigenvalue weighted by Gasteiger charge is 2.20. The molecule has 0 radical (unpaired) electrons. The molecule has 1 aromatic rings. The number of carbonyl (C=O) groups is 1. The minimum absolute atomic E-state index is 0.00210. The van der Waals surface area contributed by atoms with Crippen LogP contribution in [-0.2, 0) is 4.79 Å². The van der Waals surface area contributed by atoms with E-state index in [1.165, 1.54) is 0 Å². The van der Waals surface area contributed by atoms with Gasteiger partial charge in [-0.3, -0.25) is 4.79 Å². The number of rotatable bonds is 1. The summed E-state index contributed by atoms with van der Waals surface area (Å²) in [6, 6.07) is 7.11. The van der Waals surface area contributed by atoms with Crippen molar-refractivity contribution in [2.45, 2.75) is 20.8 Å². The molecule has 0 heterocycles. The van der Waals surface area contributed by atoms with Gasteiger partial charge in [0.1, 0.15) is 0 Å². The van der Waals surface area contributed by atoms with Crippen LogP contribution in [0.25, 0.3) is 0 Å². The van der Waals surface area contributed by atoms with E-state index in [4.69, 9.17) is 5.73 Å². The molecule has 0 fully saturated rings. The van der Waals surface area contributed by atoms with Crippen molar-refractivity contribution in [3.8, 4) is 0 Å². The number of carbonyl (C=O) groups excluding carboxylic acids is 1. The maximum Gasteiger partial charge on any atom is 0.229 e. The number of nitrogens with two attached hydrogens (primary N) is 1. The van der Waals surface area contributed by atoms with Crippen molar-refractivity contribution in [2.75, 3.05) is 11.1 Å². The minimum Gasteiger partial charge on any atom is -0.399 e. The number of anilines is 2. The quantitative estimate of drug-likeness (QED) is 0.670. The second kappa shape index (κ2) is 3.70. The summed E-state index contributed by atoms with van der Waals surface area (Å²) in [6.45, 7) is 5.62. The van der Waals surface area contributed by atoms with Crippen LogP contribution in [0.2, 0.25) is 0 Å². The van der Waals surface area contributed by atoms with Gasteiger partial charge in [-0.15, -0.1) is 0 Å². The van der Waals surface area contributed by atoms with Crippen LogP contribution in [0.3, 0.4) is 0 Å². The van der Waals surface area contributed by atoms with Gasteiger partial charge in [-0.25, -0.2) is 0 Å². The van der Waals surface area contributed by atoms with E-state index in [1.807, 2.05) is 20.8 Å². The van der Waals surface area contributed by atoms with Crippen molar-refractivity contribution in [1.29, 1.82) is 0 Å². The first-order chi connectivity index (χ1) is 6.39. The molecule has 0 aliphatic carbocycles. The summed E-state index contributed by atoms with van der Waals surface area (Å²) in [5, 5.41) is 2.81. The molecule has 0 saturated carbocycles. The Bertz CT molecular complexity index is 322. The lowest BCUT2D eigenvalue weighted by atomic mass is 9.95. The zero-order chi connectivity index (χ0) is 10.8. The molecule has 0 bridgehead atoms. The van der Waals surface area contributed by atoms with E-state index in [0.717, 1.165) is 5.69 Å². The molecule has 76 valence electrons. The van der Waals surface area contributed by atoms with Gasteiger partial charge in [0.15, 0.2) is 0 Å². The fourth-order valence-electron chi connectivity index (χ4n) is 0.885. The molecule has 1 amide bonds. The zero-order valence-electron chi connectivity index (χ0n) is 8.79. The first-order valence-electron chi connectivity index (χ1n) is 4.56. The van der Waals surface area contributed by atoms with E-state index < -0.39 is 0 Å². The SMILES string of the molecule is CC(C)(C)C(=O)Nc1ccc(N)cc1. The third kappa shape index (κ3) is 2.76. The van der Waals surface area contributed by atoms with Gasteiger partial charge >= 0.3 is 0 Å². The third-order valence-electron chi connectivity index (χ3n) is 1.85.